The Hall–Kier alpha value is -1.10. The molecule has 3 atom stereocenters. The van der Waals surface area contributed by atoms with Gasteiger partial charge in [0.05, 0.1) is 6.10 Å². The molecule has 5 heteroatoms. The molecule has 2 saturated heterocycles. The lowest BCUT2D eigenvalue weighted by atomic mass is 9.84. The van der Waals surface area contributed by atoms with Crippen LogP contribution in [0.4, 0.5) is 0 Å². The Balaban J connectivity index is 2.11. The van der Waals surface area contributed by atoms with Crippen molar-refractivity contribution in [3.05, 3.63) is 0 Å². The fourth-order valence-electron chi connectivity index (χ4n) is 2.83. The maximum atomic E-state index is 12.7. The van der Waals surface area contributed by atoms with Gasteiger partial charge in [-0.05, 0) is 31.6 Å². The van der Waals surface area contributed by atoms with Crippen molar-refractivity contribution < 1.29 is 14.3 Å². The zero-order valence-corrected chi connectivity index (χ0v) is 12.9. The fraction of sp³-hybridized carbons (Fsp3) is 0.867. The van der Waals surface area contributed by atoms with Crippen molar-refractivity contribution >= 4 is 11.8 Å². The summed E-state index contributed by atoms with van der Waals surface area (Å²) < 4.78 is 5.71. The van der Waals surface area contributed by atoms with Crippen molar-refractivity contribution in [1.29, 1.82) is 0 Å². The number of rotatable bonds is 2. The highest BCUT2D eigenvalue weighted by molar-refractivity contribution is 5.97. The number of carbonyl (C=O) groups is 2. The molecule has 3 unspecified atom stereocenters. The Morgan fingerprint density at radius 1 is 1.30 bits per heavy atom. The maximum Gasteiger partial charge on any atom is 0.246 e. The lowest BCUT2D eigenvalue weighted by Crippen LogP contribution is -2.66. The highest BCUT2D eigenvalue weighted by atomic mass is 16.5. The molecule has 2 aliphatic rings. The van der Waals surface area contributed by atoms with E-state index in [4.69, 9.17) is 4.74 Å². The number of ether oxygens (including phenoxy) is 1. The molecule has 2 amide bonds. The van der Waals surface area contributed by atoms with Gasteiger partial charge in [-0.3, -0.25) is 9.59 Å². The number of hydrogen-bond acceptors (Lipinski definition) is 3. The summed E-state index contributed by atoms with van der Waals surface area (Å²) in [6, 6.07) is -0.860. The number of nitrogens with one attached hydrogen (secondary N) is 1. The molecule has 0 saturated carbocycles. The van der Waals surface area contributed by atoms with Crippen LogP contribution in [0.5, 0.6) is 0 Å². The number of hydrogen-bond donors (Lipinski definition) is 1. The highest BCUT2D eigenvalue weighted by Crippen LogP contribution is 2.26. The number of nitrogens with zero attached hydrogens (tertiary/aromatic N) is 1. The molecule has 0 bridgehead atoms. The van der Waals surface area contributed by atoms with Gasteiger partial charge in [0.25, 0.3) is 0 Å². The van der Waals surface area contributed by atoms with Gasteiger partial charge in [-0.2, -0.15) is 0 Å². The number of amides is 2. The van der Waals surface area contributed by atoms with E-state index in [0.717, 1.165) is 25.9 Å². The molecule has 0 aromatic heterocycles. The van der Waals surface area contributed by atoms with Crippen molar-refractivity contribution in [3.8, 4) is 0 Å². The lowest BCUT2D eigenvalue weighted by molar-refractivity contribution is -0.154. The summed E-state index contributed by atoms with van der Waals surface area (Å²) in [7, 11) is 0. The zero-order valence-electron chi connectivity index (χ0n) is 12.9. The van der Waals surface area contributed by atoms with Crippen LogP contribution in [-0.2, 0) is 14.3 Å². The van der Waals surface area contributed by atoms with Crippen LogP contribution in [0.15, 0.2) is 0 Å². The van der Waals surface area contributed by atoms with Gasteiger partial charge < -0.3 is 15.0 Å². The number of carbonyl (C=O) groups excluding carboxylic acids is 2. The molecule has 114 valence electrons. The minimum Gasteiger partial charge on any atom is -0.376 e. The van der Waals surface area contributed by atoms with E-state index in [1.807, 2.05) is 20.8 Å². The van der Waals surface area contributed by atoms with E-state index in [9.17, 15) is 9.59 Å². The molecule has 0 radical (unpaired) electrons. The first-order valence-corrected chi connectivity index (χ1v) is 7.53. The van der Waals surface area contributed by atoms with Gasteiger partial charge in [0.1, 0.15) is 12.1 Å². The molecule has 0 aromatic rings. The molecule has 0 spiro atoms. The molecule has 0 aromatic carbocycles. The first-order chi connectivity index (χ1) is 9.30. The van der Waals surface area contributed by atoms with Crippen LogP contribution in [0.2, 0.25) is 0 Å². The maximum absolute atomic E-state index is 12.7. The van der Waals surface area contributed by atoms with E-state index >= 15 is 0 Å². The lowest BCUT2D eigenvalue weighted by Gasteiger charge is -2.43. The molecule has 5 nitrogen and oxygen atoms in total. The van der Waals surface area contributed by atoms with Crippen molar-refractivity contribution in [2.75, 3.05) is 13.2 Å². The monoisotopic (exact) mass is 282 g/mol. The summed E-state index contributed by atoms with van der Waals surface area (Å²) in [5, 5.41) is 2.85. The minimum atomic E-state index is -0.449. The third-order valence-corrected chi connectivity index (χ3v) is 4.20. The Morgan fingerprint density at radius 2 is 2.00 bits per heavy atom. The second-order valence-electron chi connectivity index (χ2n) is 6.96. The SMILES string of the molecule is CC1C(=O)NC(C(C)(C)C)C(=O)N1CC1CCCCO1. The standard InChI is InChI=1S/C15H26N2O3/c1-10-13(18)16-12(15(2,3)4)14(19)17(10)9-11-7-5-6-8-20-11/h10-12H,5-9H2,1-4H3,(H,16,18). The third-order valence-electron chi connectivity index (χ3n) is 4.20. The summed E-state index contributed by atoms with van der Waals surface area (Å²) in [5.74, 6) is -0.0564. The third kappa shape index (κ3) is 3.14. The van der Waals surface area contributed by atoms with Gasteiger partial charge >= 0.3 is 0 Å². The first kappa shape index (κ1) is 15.3. The van der Waals surface area contributed by atoms with Crippen molar-refractivity contribution in [1.82, 2.24) is 10.2 Å². The topological polar surface area (TPSA) is 58.6 Å². The number of piperazine rings is 1. The minimum absolute atomic E-state index is 0.0128. The van der Waals surface area contributed by atoms with Gasteiger partial charge in [0, 0.05) is 13.2 Å². The summed E-state index contributed by atoms with van der Waals surface area (Å²) in [4.78, 5) is 26.5. The summed E-state index contributed by atoms with van der Waals surface area (Å²) in [5.41, 5.74) is -0.279. The molecule has 0 aliphatic carbocycles. The normalized spacial score (nSPS) is 32.2. The summed E-state index contributed by atoms with van der Waals surface area (Å²) in [6.45, 7) is 8.99. The molecular formula is C15H26N2O3. The van der Waals surface area contributed by atoms with Crippen molar-refractivity contribution in [2.24, 2.45) is 5.41 Å². The van der Waals surface area contributed by atoms with Crippen LogP contribution in [0.3, 0.4) is 0 Å². The molecular weight excluding hydrogens is 256 g/mol. The molecule has 2 rings (SSSR count). The smallest absolute Gasteiger partial charge is 0.246 e. The van der Waals surface area contributed by atoms with Crippen LogP contribution in [0.1, 0.15) is 47.0 Å². The highest BCUT2D eigenvalue weighted by Gasteiger charge is 2.44. The molecule has 2 fully saturated rings. The molecule has 1 N–H and O–H groups in total. The first-order valence-electron chi connectivity index (χ1n) is 7.53. The van der Waals surface area contributed by atoms with Crippen LogP contribution in [-0.4, -0.2) is 48.1 Å². The average Bonchev–Trinajstić information content (AvgIpc) is 2.39. The van der Waals surface area contributed by atoms with Gasteiger partial charge in [-0.1, -0.05) is 20.8 Å². The summed E-state index contributed by atoms with van der Waals surface area (Å²) in [6.07, 6.45) is 3.26. The Kier molecular flexibility index (Phi) is 4.37. The predicted octanol–water partition coefficient (Wildman–Crippen LogP) is 1.32. The molecule has 2 heterocycles. The van der Waals surface area contributed by atoms with Crippen molar-refractivity contribution in [2.45, 2.75) is 65.1 Å². The second-order valence-corrected chi connectivity index (χ2v) is 6.96. The van der Waals surface area contributed by atoms with Gasteiger partial charge in [0.15, 0.2) is 0 Å². The van der Waals surface area contributed by atoms with E-state index in [1.54, 1.807) is 11.8 Å². The largest absolute Gasteiger partial charge is 0.376 e. The van der Waals surface area contributed by atoms with Gasteiger partial charge in [-0.15, -0.1) is 0 Å². The van der Waals surface area contributed by atoms with E-state index in [-0.39, 0.29) is 23.3 Å². The quantitative estimate of drug-likeness (QED) is 0.831. The fourth-order valence-corrected chi connectivity index (χ4v) is 2.83. The Labute approximate surface area is 121 Å². The van der Waals surface area contributed by atoms with Crippen LogP contribution in [0.25, 0.3) is 0 Å². The van der Waals surface area contributed by atoms with E-state index < -0.39 is 12.1 Å². The summed E-state index contributed by atoms with van der Waals surface area (Å²) >= 11 is 0. The molecule has 20 heavy (non-hydrogen) atoms. The average molecular weight is 282 g/mol. The van der Waals surface area contributed by atoms with Gasteiger partial charge in [0.2, 0.25) is 11.8 Å². The van der Waals surface area contributed by atoms with E-state index in [0.29, 0.717) is 6.54 Å². The Morgan fingerprint density at radius 3 is 2.55 bits per heavy atom. The second kappa shape index (κ2) is 5.72. The van der Waals surface area contributed by atoms with Crippen molar-refractivity contribution in [3.63, 3.8) is 0 Å². The van der Waals surface area contributed by atoms with Gasteiger partial charge in [-0.25, -0.2) is 0 Å². The van der Waals surface area contributed by atoms with Crippen LogP contribution < -0.4 is 5.32 Å². The predicted molar refractivity (Wildman–Crippen MR) is 76.2 cm³/mol. The van der Waals surface area contributed by atoms with E-state index in [2.05, 4.69) is 5.32 Å². The van der Waals surface area contributed by atoms with Crippen LogP contribution in [0, 0.1) is 5.41 Å². The molecule has 2 aliphatic heterocycles. The zero-order chi connectivity index (χ0) is 14.9. The van der Waals surface area contributed by atoms with E-state index in [1.165, 1.54) is 0 Å². The Bertz CT molecular complexity index is 383. The van der Waals surface area contributed by atoms with Crippen LogP contribution >= 0.6 is 0 Å².